The Bertz CT molecular complexity index is 464. The van der Waals surface area contributed by atoms with Crippen molar-refractivity contribution < 1.29 is 8.42 Å². The highest BCUT2D eigenvalue weighted by atomic mass is 32.2. The van der Waals surface area contributed by atoms with E-state index in [1.165, 1.54) is 0 Å². The lowest BCUT2D eigenvalue weighted by Gasteiger charge is -2.24. The second-order valence-corrected chi connectivity index (χ2v) is 14.5. The minimum atomic E-state index is -3.23. The summed E-state index contributed by atoms with van der Waals surface area (Å²) in [6.45, 7) is 7.50. The number of nitrogens with zero attached hydrogens (tertiary/aromatic N) is 3. The van der Waals surface area contributed by atoms with Gasteiger partial charge in [0.25, 0.3) is 0 Å². The van der Waals surface area contributed by atoms with Crippen LogP contribution in [0.2, 0.25) is 25.7 Å². The van der Waals surface area contributed by atoms with E-state index in [0.717, 1.165) is 31.7 Å². The van der Waals surface area contributed by atoms with Crippen LogP contribution < -0.4 is 0 Å². The Morgan fingerprint density at radius 2 is 1.36 bits per heavy atom. The van der Waals surface area contributed by atoms with Crippen molar-refractivity contribution in [2.75, 3.05) is 18.8 Å². The van der Waals surface area contributed by atoms with Crippen LogP contribution in [0.1, 0.15) is 38.5 Å². The SMILES string of the molecule is C[Si](C)(C)CCS(=O)(=O)N(CCCCC#N)CCCCC#N. The fourth-order valence-electron chi connectivity index (χ4n) is 1.94. The molecular formula is C15H29N3O2SSi. The molecular weight excluding hydrogens is 314 g/mol. The van der Waals surface area contributed by atoms with Crippen molar-refractivity contribution in [1.29, 1.82) is 10.5 Å². The topological polar surface area (TPSA) is 85.0 Å². The molecule has 0 aromatic rings. The largest absolute Gasteiger partial charge is 0.213 e. The van der Waals surface area contributed by atoms with Crippen molar-refractivity contribution in [2.45, 2.75) is 64.2 Å². The zero-order valence-electron chi connectivity index (χ0n) is 14.1. The van der Waals surface area contributed by atoms with Crippen molar-refractivity contribution in [3.05, 3.63) is 0 Å². The van der Waals surface area contributed by atoms with E-state index in [9.17, 15) is 8.42 Å². The third-order valence-corrected chi connectivity index (χ3v) is 7.38. The number of hydrogen-bond acceptors (Lipinski definition) is 4. The fourth-order valence-corrected chi connectivity index (χ4v) is 6.49. The van der Waals surface area contributed by atoms with E-state index in [4.69, 9.17) is 10.5 Å². The molecule has 5 nitrogen and oxygen atoms in total. The Balaban J connectivity index is 4.58. The molecule has 0 radical (unpaired) electrons. The molecule has 0 fully saturated rings. The minimum Gasteiger partial charge on any atom is -0.212 e. The normalized spacial score (nSPS) is 12.1. The Kier molecular flexibility index (Phi) is 10.3. The number of nitriles is 2. The molecule has 0 aliphatic rings. The number of hydrogen-bond donors (Lipinski definition) is 0. The summed E-state index contributed by atoms with van der Waals surface area (Å²) in [4.78, 5) is 0. The maximum absolute atomic E-state index is 12.5. The minimum absolute atomic E-state index is 0.221. The number of sulfonamides is 1. The smallest absolute Gasteiger partial charge is 0.212 e. The molecule has 7 heteroatoms. The van der Waals surface area contributed by atoms with Crippen LogP contribution in [-0.2, 0) is 10.0 Å². The average Bonchev–Trinajstić information content (AvgIpc) is 2.42. The van der Waals surface area contributed by atoms with Crippen LogP contribution >= 0.6 is 0 Å². The second kappa shape index (κ2) is 10.8. The van der Waals surface area contributed by atoms with Gasteiger partial charge in [0.15, 0.2) is 0 Å². The molecule has 0 heterocycles. The second-order valence-electron chi connectivity index (χ2n) is 6.76. The first kappa shape index (κ1) is 21.1. The quantitative estimate of drug-likeness (QED) is 0.402. The van der Waals surface area contributed by atoms with Crippen molar-refractivity contribution >= 4 is 18.1 Å². The van der Waals surface area contributed by atoms with Gasteiger partial charge in [0.05, 0.1) is 17.9 Å². The Hall–Kier alpha value is -0.893. The molecule has 0 aromatic heterocycles. The van der Waals surface area contributed by atoms with E-state index in [1.54, 1.807) is 4.31 Å². The summed E-state index contributed by atoms with van der Waals surface area (Å²) in [5.41, 5.74) is 0. The van der Waals surface area contributed by atoms with Crippen LogP contribution in [0.4, 0.5) is 0 Å². The third-order valence-electron chi connectivity index (χ3n) is 3.40. The molecule has 0 bridgehead atoms. The van der Waals surface area contributed by atoms with Crippen molar-refractivity contribution in [3.63, 3.8) is 0 Å². The number of rotatable bonds is 12. The van der Waals surface area contributed by atoms with Crippen molar-refractivity contribution in [2.24, 2.45) is 0 Å². The number of unbranched alkanes of at least 4 members (excludes halogenated alkanes) is 4. The average molecular weight is 344 g/mol. The van der Waals surface area contributed by atoms with E-state index in [2.05, 4.69) is 31.8 Å². The summed E-state index contributed by atoms with van der Waals surface area (Å²) in [6.07, 6.45) is 3.84. The monoisotopic (exact) mass is 343 g/mol. The lowest BCUT2D eigenvalue weighted by atomic mass is 10.2. The summed E-state index contributed by atoms with van der Waals surface area (Å²) in [7, 11) is -4.62. The summed E-state index contributed by atoms with van der Waals surface area (Å²) >= 11 is 0. The van der Waals surface area contributed by atoms with E-state index < -0.39 is 18.1 Å². The van der Waals surface area contributed by atoms with Crippen LogP contribution in [0.3, 0.4) is 0 Å². The van der Waals surface area contributed by atoms with Crippen molar-refractivity contribution in [3.8, 4) is 12.1 Å². The first-order valence-electron chi connectivity index (χ1n) is 7.94. The highest BCUT2D eigenvalue weighted by molar-refractivity contribution is 7.89. The van der Waals surface area contributed by atoms with Gasteiger partial charge in [0.1, 0.15) is 0 Å². The molecule has 0 unspecified atom stereocenters. The Labute approximate surface area is 137 Å². The molecule has 0 aliphatic carbocycles. The van der Waals surface area contributed by atoms with E-state index >= 15 is 0 Å². The first-order chi connectivity index (χ1) is 10.2. The van der Waals surface area contributed by atoms with Gasteiger partial charge < -0.3 is 0 Å². The van der Waals surface area contributed by atoms with Crippen LogP contribution in [-0.4, -0.2) is 39.6 Å². The molecule has 0 N–H and O–H groups in total. The molecule has 126 valence electrons. The van der Waals surface area contributed by atoms with Gasteiger partial charge in [0, 0.05) is 34.0 Å². The zero-order chi connectivity index (χ0) is 17.1. The lowest BCUT2D eigenvalue weighted by molar-refractivity contribution is 0.392. The van der Waals surface area contributed by atoms with E-state index in [0.29, 0.717) is 25.9 Å². The van der Waals surface area contributed by atoms with Gasteiger partial charge in [0.2, 0.25) is 10.0 Å². The van der Waals surface area contributed by atoms with Crippen LogP contribution in [0.15, 0.2) is 0 Å². The zero-order valence-corrected chi connectivity index (χ0v) is 16.0. The first-order valence-corrected chi connectivity index (χ1v) is 13.3. The maximum Gasteiger partial charge on any atom is 0.213 e. The highest BCUT2D eigenvalue weighted by Crippen LogP contribution is 2.15. The van der Waals surface area contributed by atoms with Gasteiger partial charge >= 0.3 is 0 Å². The van der Waals surface area contributed by atoms with E-state index in [1.807, 2.05) is 0 Å². The molecule has 0 amide bonds. The molecule has 0 atom stereocenters. The molecule has 0 spiro atoms. The third kappa shape index (κ3) is 10.8. The van der Waals surface area contributed by atoms with Gasteiger partial charge in [-0.05, 0) is 31.7 Å². The molecule has 0 rings (SSSR count). The molecule has 0 aliphatic heterocycles. The summed E-state index contributed by atoms with van der Waals surface area (Å²) in [6, 6.07) is 4.94. The summed E-state index contributed by atoms with van der Waals surface area (Å²) in [5, 5.41) is 17.1. The molecule has 0 saturated heterocycles. The van der Waals surface area contributed by atoms with Crippen molar-refractivity contribution in [1.82, 2.24) is 4.31 Å². The van der Waals surface area contributed by atoms with Crippen LogP contribution in [0.25, 0.3) is 0 Å². The maximum atomic E-state index is 12.5. The summed E-state index contributed by atoms with van der Waals surface area (Å²) in [5.74, 6) is 0.221. The van der Waals surface area contributed by atoms with Gasteiger partial charge in [-0.25, -0.2) is 12.7 Å². The molecule has 22 heavy (non-hydrogen) atoms. The van der Waals surface area contributed by atoms with Gasteiger partial charge in [-0.2, -0.15) is 10.5 Å². The highest BCUT2D eigenvalue weighted by Gasteiger charge is 2.24. The molecule has 0 saturated carbocycles. The van der Waals surface area contributed by atoms with Crippen LogP contribution in [0, 0.1) is 22.7 Å². The predicted octanol–water partition coefficient (Wildman–Crippen LogP) is 3.34. The van der Waals surface area contributed by atoms with Gasteiger partial charge in [-0.15, -0.1) is 0 Å². The Morgan fingerprint density at radius 3 is 1.73 bits per heavy atom. The fraction of sp³-hybridized carbons (Fsp3) is 0.867. The lowest BCUT2D eigenvalue weighted by Crippen LogP contribution is -2.37. The molecule has 0 aromatic carbocycles. The van der Waals surface area contributed by atoms with Gasteiger partial charge in [-0.3, -0.25) is 0 Å². The standard InChI is InChI=1S/C15H29N3O2SSi/c1-22(2,3)15-14-21(19,20)18(12-8-4-6-10-16)13-9-5-7-11-17/h4-9,12-15H2,1-3H3. The van der Waals surface area contributed by atoms with E-state index in [-0.39, 0.29) is 5.75 Å². The summed E-state index contributed by atoms with van der Waals surface area (Å²) < 4.78 is 26.6. The van der Waals surface area contributed by atoms with Gasteiger partial charge in [-0.1, -0.05) is 19.6 Å². The predicted molar refractivity (Wildman–Crippen MR) is 92.4 cm³/mol. The Morgan fingerprint density at radius 1 is 0.909 bits per heavy atom. The van der Waals surface area contributed by atoms with Crippen LogP contribution in [0.5, 0.6) is 0 Å².